The van der Waals surface area contributed by atoms with Crippen molar-refractivity contribution in [2.75, 3.05) is 20.0 Å². The number of benzene rings is 2. The summed E-state index contributed by atoms with van der Waals surface area (Å²) in [5.74, 6) is 1.94. The molecule has 2 aromatic carbocycles. The number of nitrogens with zero attached hydrogens (tertiary/aromatic N) is 3. The van der Waals surface area contributed by atoms with Crippen LogP contribution < -0.4 is 9.47 Å². The first-order valence-electron chi connectivity index (χ1n) is 8.75. The van der Waals surface area contributed by atoms with E-state index >= 15 is 0 Å². The molecule has 0 aliphatic heterocycles. The Kier molecular flexibility index (Phi) is 7.11. The van der Waals surface area contributed by atoms with Gasteiger partial charge in [-0.15, -0.1) is 11.7 Å². The molecule has 0 bridgehead atoms. The lowest BCUT2D eigenvalue weighted by Crippen LogP contribution is -2.06. The number of methoxy groups -OCH3 is 2. The van der Waals surface area contributed by atoms with Crippen molar-refractivity contribution >= 4 is 33.5 Å². The molecule has 0 amide bonds. The number of carbonyl (C=O) groups excluding carboxylic acids is 1. The van der Waals surface area contributed by atoms with Gasteiger partial charge in [-0.2, -0.15) is 0 Å². The monoisotopic (exact) mass is 473 g/mol. The number of ether oxygens (including phenoxy) is 2. The molecule has 1 aromatic heterocycles. The summed E-state index contributed by atoms with van der Waals surface area (Å²) in [7, 11) is 3.10. The van der Waals surface area contributed by atoms with Crippen molar-refractivity contribution in [3.63, 3.8) is 0 Å². The largest absolute Gasteiger partial charge is 0.497 e. The Bertz CT molecular complexity index is 1020. The first-order chi connectivity index (χ1) is 14.0. The Hall–Kier alpha value is -2.58. The minimum Gasteiger partial charge on any atom is -0.497 e. The third kappa shape index (κ3) is 5.07. The van der Waals surface area contributed by atoms with Crippen LogP contribution in [0.1, 0.15) is 10.4 Å². The lowest BCUT2D eigenvalue weighted by molar-refractivity contribution is 0.101. The van der Waals surface area contributed by atoms with Gasteiger partial charge in [0.15, 0.2) is 11.6 Å². The molecule has 0 atom stereocenters. The van der Waals surface area contributed by atoms with E-state index in [0.717, 1.165) is 15.9 Å². The summed E-state index contributed by atoms with van der Waals surface area (Å²) < 4.78 is 13.3. The maximum absolute atomic E-state index is 12.8. The Labute approximate surface area is 182 Å². The fourth-order valence-electron chi connectivity index (χ4n) is 2.68. The van der Waals surface area contributed by atoms with Gasteiger partial charge in [-0.3, -0.25) is 4.79 Å². The van der Waals surface area contributed by atoms with Gasteiger partial charge in [-0.25, -0.2) is 9.67 Å². The van der Waals surface area contributed by atoms with E-state index in [1.165, 1.54) is 18.9 Å². The summed E-state index contributed by atoms with van der Waals surface area (Å²) in [4.78, 5) is 17.4. The number of carbonyl (C=O) groups is 1. The summed E-state index contributed by atoms with van der Waals surface area (Å²) >= 11 is 4.72. The maximum Gasteiger partial charge on any atom is 0.209 e. The molecule has 3 aromatic rings. The normalized spacial score (nSPS) is 10.6. The molecule has 150 valence electrons. The third-order valence-electron chi connectivity index (χ3n) is 4.10. The minimum atomic E-state index is -0.0870. The number of ketones is 1. The number of Topliss-reactive ketones (excluding diaryl/α,β-unsaturated/α-hetero) is 1. The highest BCUT2D eigenvalue weighted by Crippen LogP contribution is 2.28. The molecular weight excluding hydrogens is 454 g/mol. The maximum atomic E-state index is 12.8. The van der Waals surface area contributed by atoms with E-state index < -0.39 is 0 Å². The zero-order valence-electron chi connectivity index (χ0n) is 16.1. The Morgan fingerprint density at radius 2 is 1.97 bits per heavy atom. The van der Waals surface area contributed by atoms with Gasteiger partial charge < -0.3 is 9.47 Å². The van der Waals surface area contributed by atoms with Crippen molar-refractivity contribution in [2.24, 2.45) is 0 Å². The molecule has 0 radical (unpaired) electrons. The van der Waals surface area contributed by atoms with E-state index in [4.69, 9.17) is 9.47 Å². The Morgan fingerprint density at radius 3 is 2.62 bits per heavy atom. The van der Waals surface area contributed by atoms with Crippen LogP contribution in [0, 0.1) is 0 Å². The van der Waals surface area contributed by atoms with E-state index in [0.29, 0.717) is 28.8 Å². The second-order valence-electron chi connectivity index (χ2n) is 5.97. The van der Waals surface area contributed by atoms with E-state index in [2.05, 4.69) is 32.6 Å². The van der Waals surface area contributed by atoms with Crippen LogP contribution in [0.15, 0.2) is 64.7 Å². The molecule has 3 rings (SSSR count). The lowest BCUT2D eigenvalue weighted by Gasteiger charge is -2.09. The zero-order valence-corrected chi connectivity index (χ0v) is 18.5. The quantitative estimate of drug-likeness (QED) is 0.250. The molecule has 1 heterocycles. The lowest BCUT2D eigenvalue weighted by atomic mass is 10.1. The molecule has 0 unspecified atom stereocenters. The van der Waals surface area contributed by atoms with Gasteiger partial charge in [0.2, 0.25) is 5.16 Å². The second kappa shape index (κ2) is 9.76. The van der Waals surface area contributed by atoms with Gasteiger partial charge in [0, 0.05) is 10.0 Å². The zero-order chi connectivity index (χ0) is 20.8. The molecule has 6 nitrogen and oxygen atoms in total. The summed E-state index contributed by atoms with van der Waals surface area (Å²) in [6, 6.07) is 13.0. The van der Waals surface area contributed by atoms with Gasteiger partial charge >= 0.3 is 0 Å². The molecule has 8 heteroatoms. The smallest absolute Gasteiger partial charge is 0.209 e. The number of aromatic nitrogens is 3. The van der Waals surface area contributed by atoms with Gasteiger partial charge in [0.25, 0.3) is 0 Å². The van der Waals surface area contributed by atoms with Gasteiger partial charge in [-0.1, -0.05) is 45.9 Å². The number of hydrogen-bond acceptors (Lipinski definition) is 6. The molecule has 0 aliphatic carbocycles. The van der Waals surface area contributed by atoms with Crippen molar-refractivity contribution in [2.45, 2.75) is 11.7 Å². The summed E-state index contributed by atoms with van der Waals surface area (Å²) in [5.41, 5.74) is 1.41. The summed E-state index contributed by atoms with van der Waals surface area (Å²) in [5, 5.41) is 5.05. The molecule has 0 aliphatic rings. The van der Waals surface area contributed by atoms with Crippen molar-refractivity contribution in [3.05, 3.63) is 65.2 Å². The minimum absolute atomic E-state index is 0.0870. The van der Waals surface area contributed by atoms with Gasteiger partial charge in [0.05, 0.1) is 32.1 Å². The number of rotatable bonds is 9. The molecular formula is C21H20BrN3O3S. The van der Waals surface area contributed by atoms with E-state index in [-0.39, 0.29) is 11.5 Å². The van der Waals surface area contributed by atoms with Crippen LogP contribution in [0.2, 0.25) is 0 Å². The Balaban J connectivity index is 1.80. The van der Waals surface area contributed by atoms with Crippen LogP contribution in [0.3, 0.4) is 0 Å². The predicted octanol–water partition coefficient (Wildman–Crippen LogP) is 4.89. The topological polar surface area (TPSA) is 66.2 Å². The predicted molar refractivity (Wildman–Crippen MR) is 118 cm³/mol. The standard InChI is InChI=1S/C21H20BrN3O3S/c1-4-11-25-20(14-5-7-15(22)8-6-14)23-21(24-25)29-13-18(26)17-12-16(27-2)9-10-19(17)28-3/h4-10,12H,1,11,13H2,2-3H3. The third-order valence-corrected chi connectivity index (χ3v) is 5.46. The molecule has 0 fully saturated rings. The number of allylic oxidation sites excluding steroid dienone is 1. The van der Waals surface area contributed by atoms with E-state index in [9.17, 15) is 4.79 Å². The van der Waals surface area contributed by atoms with E-state index in [1.807, 2.05) is 24.3 Å². The van der Waals surface area contributed by atoms with Crippen molar-refractivity contribution in [1.29, 1.82) is 0 Å². The van der Waals surface area contributed by atoms with Gasteiger partial charge in [-0.05, 0) is 30.3 Å². The molecule has 0 saturated heterocycles. The molecule has 0 saturated carbocycles. The van der Waals surface area contributed by atoms with Gasteiger partial charge in [0.1, 0.15) is 11.5 Å². The second-order valence-corrected chi connectivity index (χ2v) is 7.83. The summed E-state index contributed by atoms with van der Waals surface area (Å²) in [6.45, 7) is 4.31. The number of thioether (sulfide) groups is 1. The van der Waals surface area contributed by atoms with Crippen LogP contribution >= 0.6 is 27.7 Å². The SMILES string of the molecule is C=CCn1nc(SCC(=O)c2cc(OC)ccc2OC)nc1-c1ccc(Br)cc1. The average Bonchev–Trinajstić information content (AvgIpc) is 3.15. The summed E-state index contributed by atoms with van der Waals surface area (Å²) in [6.07, 6.45) is 1.76. The molecule has 0 N–H and O–H groups in total. The number of halogens is 1. The highest BCUT2D eigenvalue weighted by atomic mass is 79.9. The van der Waals surface area contributed by atoms with Crippen molar-refractivity contribution in [3.8, 4) is 22.9 Å². The fraction of sp³-hybridized carbons (Fsp3) is 0.190. The number of hydrogen-bond donors (Lipinski definition) is 0. The first-order valence-corrected chi connectivity index (χ1v) is 10.5. The molecule has 0 spiro atoms. The Morgan fingerprint density at radius 1 is 1.21 bits per heavy atom. The first kappa shape index (κ1) is 21.1. The van der Waals surface area contributed by atoms with Crippen LogP contribution in [0.4, 0.5) is 0 Å². The fourth-order valence-corrected chi connectivity index (χ4v) is 3.67. The molecule has 29 heavy (non-hydrogen) atoms. The van der Waals surface area contributed by atoms with Crippen LogP contribution in [0.5, 0.6) is 11.5 Å². The van der Waals surface area contributed by atoms with Crippen molar-refractivity contribution < 1.29 is 14.3 Å². The van der Waals surface area contributed by atoms with Crippen LogP contribution in [0.25, 0.3) is 11.4 Å². The highest BCUT2D eigenvalue weighted by molar-refractivity contribution is 9.10. The average molecular weight is 474 g/mol. The van der Waals surface area contributed by atoms with Crippen molar-refractivity contribution in [1.82, 2.24) is 14.8 Å². The van der Waals surface area contributed by atoms with Crippen LogP contribution in [-0.2, 0) is 6.54 Å². The van der Waals surface area contributed by atoms with Crippen LogP contribution in [-0.4, -0.2) is 40.5 Å². The van der Waals surface area contributed by atoms with E-state index in [1.54, 1.807) is 36.1 Å². The highest BCUT2D eigenvalue weighted by Gasteiger charge is 2.17.